The number of anilines is 1. The van der Waals surface area contributed by atoms with Crippen molar-refractivity contribution in [1.29, 1.82) is 0 Å². The molecule has 0 bridgehead atoms. The summed E-state index contributed by atoms with van der Waals surface area (Å²) in [7, 11) is 0. The maximum absolute atomic E-state index is 4.90. The van der Waals surface area contributed by atoms with Crippen molar-refractivity contribution in [2.45, 2.75) is 44.8 Å². The summed E-state index contributed by atoms with van der Waals surface area (Å²) in [5.74, 6) is 2.38. The Balaban J connectivity index is 1.75. The summed E-state index contributed by atoms with van der Waals surface area (Å²) in [4.78, 5) is 4.90. The molecule has 21 heavy (non-hydrogen) atoms. The van der Waals surface area contributed by atoms with Gasteiger partial charge in [-0.2, -0.15) is 0 Å². The number of nitrogens with one attached hydrogen (secondary N) is 2. The molecule has 0 saturated heterocycles. The van der Waals surface area contributed by atoms with Gasteiger partial charge in [0, 0.05) is 24.7 Å². The van der Waals surface area contributed by atoms with Crippen LogP contribution in [-0.2, 0) is 13.1 Å². The number of nitrogens with zero attached hydrogens (tertiary/aromatic N) is 2. The standard InChI is InChI=1S/C17H22N4/c1-2-6-13(7-3-1)16-17(19-14-8-4-5-9-14)21-11-10-18-12-15(21)20-16/h1-3,6-7,14,18-19H,4-5,8-12H2. The molecule has 1 saturated carbocycles. The molecule has 0 radical (unpaired) electrons. The first kappa shape index (κ1) is 12.9. The minimum atomic E-state index is 0.614. The van der Waals surface area contributed by atoms with Crippen LogP contribution in [0.5, 0.6) is 0 Å². The van der Waals surface area contributed by atoms with Gasteiger partial charge >= 0.3 is 0 Å². The molecule has 0 amide bonds. The smallest absolute Gasteiger partial charge is 0.134 e. The van der Waals surface area contributed by atoms with E-state index in [9.17, 15) is 0 Å². The van der Waals surface area contributed by atoms with Crippen molar-refractivity contribution in [3.8, 4) is 11.3 Å². The van der Waals surface area contributed by atoms with Crippen molar-refractivity contribution in [1.82, 2.24) is 14.9 Å². The second-order valence-electron chi connectivity index (χ2n) is 6.05. The van der Waals surface area contributed by atoms with E-state index in [2.05, 4.69) is 45.5 Å². The molecule has 4 nitrogen and oxygen atoms in total. The van der Waals surface area contributed by atoms with Gasteiger partial charge in [-0.15, -0.1) is 0 Å². The monoisotopic (exact) mass is 282 g/mol. The van der Waals surface area contributed by atoms with Crippen molar-refractivity contribution in [2.75, 3.05) is 11.9 Å². The number of rotatable bonds is 3. The molecule has 1 fully saturated rings. The second kappa shape index (κ2) is 5.53. The van der Waals surface area contributed by atoms with E-state index in [1.807, 2.05) is 0 Å². The minimum absolute atomic E-state index is 0.614. The molecule has 2 aliphatic rings. The van der Waals surface area contributed by atoms with E-state index in [-0.39, 0.29) is 0 Å². The maximum Gasteiger partial charge on any atom is 0.134 e. The summed E-state index contributed by atoms with van der Waals surface area (Å²) in [5, 5.41) is 7.20. The molecule has 2 aromatic rings. The fraction of sp³-hybridized carbons (Fsp3) is 0.471. The summed E-state index contributed by atoms with van der Waals surface area (Å²) in [6, 6.07) is 11.2. The Kier molecular flexibility index (Phi) is 3.39. The molecular formula is C17H22N4. The van der Waals surface area contributed by atoms with Crippen LogP contribution in [-0.4, -0.2) is 22.1 Å². The SMILES string of the molecule is c1ccc(-c2nc3n(c2NC2CCCC2)CCNC3)cc1. The number of benzene rings is 1. The highest BCUT2D eigenvalue weighted by Crippen LogP contribution is 2.32. The lowest BCUT2D eigenvalue weighted by molar-refractivity contribution is 0.506. The van der Waals surface area contributed by atoms with Crippen molar-refractivity contribution in [3.05, 3.63) is 36.2 Å². The Bertz CT molecular complexity index is 611. The lowest BCUT2D eigenvalue weighted by Crippen LogP contribution is -2.29. The molecule has 0 atom stereocenters. The summed E-state index contributed by atoms with van der Waals surface area (Å²) in [6.45, 7) is 2.90. The predicted octanol–water partition coefficient (Wildman–Crippen LogP) is 3.01. The fourth-order valence-corrected chi connectivity index (χ4v) is 3.47. The highest BCUT2D eigenvalue weighted by Gasteiger charge is 2.23. The predicted molar refractivity (Wildman–Crippen MR) is 85.2 cm³/mol. The van der Waals surface area contributed by atoms with Gasteiger partial charge in [-0.1, -0.05) is 43.2 Å². The molecule has 1 aliphatic heterocycles. The molecule has 4 heteroatoms. The van der Waals surface area contributed by atoms with Gasteiger partial charge in [-0.25, -0.2) is 4.98 Å². The van der Waals surface area contributed by atoms with Gasteiger partial charge in [0.05, 0.1) is 6.54 Å². The first-order valence-corrected chi connectivity index (χ1v) is 8.04. The van der Waals surface area contributed by atoms with Crippen LogP contribution in [0.2, 0.25) is 0 Å². The van der Waals surface area contributed by atoms with Crippen molar-refractivity contribution in [3.63, 3.8) is 0 Å². The van der Waals surface area contributed by atoms with E-state index in [0.717, 1.165) is 31.2 Å². The summed E-state index contributed by atoms with van der Waals surface area (Å²) in [6.07, 6.45) is 5.27. The average molecular weight is 282 g/mol. The zero-order valence-corrected chi connectivity index (χ0v) is 12.3. The minimum Gasteiger partial charge on any atom is -0.367 e. The highest BCUT2D eigenvalue weighted by molar-refractivity contribution is 5.73. The van der Waals surface area contributed by atoms with Gasteiger partial charge in [0.1, 0.15) is 17.3 Å². The van der Waals surface area contributed by atoms with Gasteiger partial charge < -0.3 is 15.2 Å². The van der Waals surface area contributed by atoms with Crippen LogP contribution in [0.3, 0.4) is 0 Å². The third-order valence-electron chi connectivity index (χ3n) is 4.59. The fourth-order valence-electron chi connectivity index (χ4n) is 3.47. The van der Waals surface area contributed by atoms with Crippen LogP contribution in [0.15, 0.2) is 30.3 Å². The molecule has 4 rings (SSSR count). The quantitative estimate of drug-likeness (QED) is 0.909. The summed E-state index contributed by atoms with van der Waals surface area (Å²) < 4.78 is 2.37. The third-order valence-corrected chi connectivity index (χ3v) is 4.59. The number of fused-ring (bicyclic) bond motifs is 1. The lowest BCUT2D eigenvalue weighted by Gasteiger charge is -2.21. The average Bonchev–Trinajstić information content (AvgIpc) is 3.17. The van der Waals surface area contributed by atoms with Gasteiger partial charge in [-0.3, -0.25) is 0 Å². The van der Waals surface area contributed by atoms with E-state index in [4.69, 9.17) is 4.98 Å². The van der Waals surface area contributed by atoms with E-state index >= 15 is 0 Å². The number of hydrogen-bond acceptors (Lipinski definition) is 3. The van der Waals surface area contributed by atoms with Gasteiger partial charge in [0.25, 0.3) is 0 Å². The van der Waals surface area contributed by atoms with Crippen LogP contribution >= 0.6 is 0 Å². The van der Waals surface area contributed by atoms with E-state index in [0.29, 0.717) is 6.04 Å². The Labute approximate surface area is 125 Å². The molecule has 2 N–H and O–H groups in total. The summed E-state index contributed by atoms with van der Waals surface area (Å²) >= 11 is 0. The van der Waals surface area contributed by atoms with Crippen molar-refractivity contribution in [2.24, 2.45) is 0 Å². The van der Waals surface area contributed by atoms with E-state index < -0.39 is 0 Å². The molecular weight excluding hydrogens is 260 g/mol. The molecule has 1 aromatic carbocycles. The molecule has 2 heterocycles. The van der Waals surface area contributed by atoms with Crippen LogP contribution in [0, 0.1) is 0 Å². The van der Waals surface area contributed by atoms with Crippen LogP contribution in [0.25, 0.3) is 11.3 Å². The topological polar surface area (TPSA) is 41.9 Å². The Morgan fingerprint density at radius 3 is 2.76 bits per heavy atom. The number of aromatic nitrogens is 2. The largest absolute Gasteiger partial charge is 0.367 e. The van der Waals surface area contributed by atoms with Crippen LogP contribution < -0.4 is 10.6 Å². The molecule has 1 aliphatic carbocycles. The van der Waals surface area contributed by atoms with E-state index in [1.165, 1.54) is 37.1 Å². The van der Waals surface area contributed by atoms with Crippen LogP contribution in [0.4, 0.5) is 5.82 Å². The Morgan fingerprint density at radius 1 is 1.14 bits per heavy atom. The molecule has 1 aromatic heterocycles. The van der Waals surface area contributed by atoms with Gasteiger partial charge in [0.15, 0.2) is 0 Å². The third kappa shape index (κ3) is 2.44. The molecule has 0 spiro atoms. The van der Waals surface area contributed by atoms with Crippen molar-refractivity contribution >= 4 is 5.82 Å². The van der Waals surface area contributed by atoms with Crippen molar-refractivity contribution < 1.29 is 0 Å². The normalized spacial score (nSPS) is 18.7. The second-order valence-corrected chi connectivity index (χ2v) is 6.05. The molecule has 0 unspecified atom stereocenters. The number of hydrogen-bond donors (Lipinski definition) is 2. The first-order valence-electron chi connectivity index (χ1n) is 8.04. The zero-order chi connectivity index (χ0) is 14.1. The number of imidazole rings is 1. The Hall–Kier alpha value is -1.81. The highest BCUT2D eigenvalue weighted by atomic mass is 15.2. The van der Waals surface area contributed by atoms with E-state index in [1.54, 1.807) is 0 Å². The van der Waals surface area contributed by atoms with Gasteiger partial charge in [-0.05, 0) is 12.8 Å². The van der Waals surface area contributed by atoms with Gasteiger partial charge in [0.2, 0.25) is 0 Å². The Morgan fingerprint density at radius 2 is 1.95 bits per heavy atom. The summed E-state index contributed by atoms with van der Waals surface area (Å²) in [5.41, 5.74) is 2.32. The maximum atomic E-state index is 4.90. The molecule has 110 valence electrons. The zero-order valence-electron chi connectivity index (χ0n) is 12.3. The first-order chi connectivity index (χ1) is 10.4. The lowest BCUT2D eigenvalue weighted by atomic mass is 10.1. The van der Waals surface area contributed by atoms with Crippen LogP contribution in [0.1, 0.15) is 31.5 Å².